The van der Waals surface area contributed by atoms with Crippen LogP contribution in [0.3, 0.4) is 0 Å². The first-order valence-corrected chi connectivity index (χ1v) is 8.00. The molecule has 0 amide bonds. The molecule has 1 fully saturated rings. The van der Waals surface area contributed by atoms with E-state index in [9.17, 15) is 0 Å². The second-order valence-electron chi connectivity index (χ2n) is 6.13. The number of hydrogen-bond acceptors (Lipinski definition) is 5. The van der Waals surface area contributed by atoms with Crippen LogP contribution in [-0.4, -0.2) is 29.3 Å². The average molecular weight is 280 g/mol. The molecule has 5 heteroatoms. The van der Waals surface area contributed by atoms with Crippen LogP contribution in [0.15, 0.2) is 4.42 Å². The standard InChI is InChI=1S/C15H28N4O/c1-4-7-13-8-5-6-9-19(13)15-18-17-14(20-15)11-16-10-12(2)3/h12-13,16H,4-11H2,1-3H3. The van der Waals surface area contributed by atoms with Crippen molar-refractivity contribution in [3.05, 3.63) is 5.89 Å². The highest BCUT2D eigenvalue weighted by Gasteiger charge is 2.25. The van der Waals surface area contributed by atoms with E-state index >= 15 is 0 Å². The molecule has 0 spiro atoms. The van der Waals surface area contributed by atoms with Gasteiger partial charge in [0.15, 0.2) is 0 Å². The molecule has 0 saturated carbocycles. The minimum absolute atomic E-state index is 0.575. The zero-order valence-electron chi connectivity index (χ0n) is 13.1. The molecule has 1 saturated heterocycles. The molecule has 0 aromatic carbocycles. The summed E-state index contributed by atoms with van der Waals surface area (Å²) in [5, 5.41) is 11.7. The molecule has 1 unspecified atom stereocenters. The van der Waals surface area contributed by atoms with Crippen molar-refractivity contribution < 1.29 is 4.42 Å². The van der Waals surface area contributed by atoms with Crippen LogP contribution in [0.4, 0.5) is 6.01 Å². The maximum atomic E-state index is 5.82. The van der Waals surface area contributed by atoms with Crippen molar-refractivity contribution in [2.75, 3.05) is 18.0 Å². The van der Waals surface area contributed by atoms with Gasteiger partial charge in [0.25, 0.3) is 0 Å². The highest BCUT2D eigenvalue weighted by Crippen LogP contribution is 2.26. The summed E-state index contributed by atoms with van der Waals surface area (Å²) < 4.78 is 5.82. The zero-order chi connectivity index (χ0) is 14.4. The van der Waals surface area contributed by atoms with Gasteiger partial charge in [0.2, 0.25) is 5.89 Å². The number of nitrogens with one attached hydrogen (secondary N) is 1. The minimum Gasteiger partial charge on any atom is -0.407 e. The van der Waals surface area contributed by atoms with Gasteiger partial charge in [-0.15, -0.1) is 5.10 Å². The van der Waals surface area contributed by atoms with Gasteiger partial charge < -0.3 is 14.6 Å². The van der Waals surface area contributed by atoms with Crippen LogP contribution in [0.5, 0.6) is 0 Å². The summed E-state index contributed by atoms with van der Waals surface area (Å²) in [5.41, 5.74) is 0. The Balaban J connectivity index is 1.92. The van der Waals surface area contributed by atoms with Crippen molar-refractivity contribution in [3.63, 3.8) is 0 Å². The molecule has 1 aliphatic rings. The third-order valence-electron chi connectivity index (χ3n) is 3.78. The molecule has 1 N–H and O–H groups in total. The van der Waals surface area contributed by atoms with Gasteiger partial charge >= 0.3 is 6.01 Å². The molecule has 5 nitrogen and oxygen atoms in total. The Bertz CT molecular complexity index is 389. The SMILES string of the molecule is CCCC1CCCCN1c1nnc(CNCC(C)C)o1. The van der Waals surface area contributed by atoms with E-state index in [-0.39, 0.29) is 0 Å². The van der Waals surface area contributed by atoms with Crippen molar-refractivity contribution in [1.82, 2.24) is 15.5 Å². The van der Waals surface area contributed by atoms with E-state index < -0.39 is 0 Å². The Labute approximate surface area is 122 Å². The lowest BCUT2D eigenvalue weighted by molar-refractivity contribution is 0.385. The molecule has 0 radical (unpaired) electrons. The number of anilines is 1. The smallest absolute Gasteiger partial charge is 0.318 e. The normalized spacial score (nSPS) is 19.8. The highest BCUT2D eigenvalue weighted by atomic mass is 16.4. The highest BCUT2D eigenvalue weighted by molar-refractivity contribution is 5.27. The molecule has 2 heterocycles. The summed E-state index contributed by atoms with van der Waals surface area (Å²) in [5.74, 6) is 1.33. The van der Waals surface area contributed by atoms with E-state index in [0.29, 0.717) is 30.4 Å². The molecule has 1 aliphatic heterocycles. The van der Waals surface area contributed by atoms with Crippen LogP contribution in [0.25, 0.3) is 0 Å². The molecule has 114 valence electrons. The lowest BCUT2D eigenvalue weighted by atomic mass is 9.99. The second kappa shape index (κ2) is 7.62. The topological polar surface area (TPSA) is 54.2 Å². The molecule has 20 heavy (non-hydrogen) atoms. The van der Waals surface area contributed by atoms with Crippen LogP contribution in [-0.2, 0) is 6.54 Å². The van der Waals surface area contributed by atoms with Crippen LogP contribution in [0.1, 0.15) is 58.8 Å². The van der Waals surface area contributed by atoms with E-state index in [1.807, 2.05) is 0 Å². The quantitative estimate of drug-likeness (QED) is 0.832. The van der Waals surface area contributed by atoms with E-state index in [0.717, 1.165) is 13.1 Å². The summed E-state index contributed by atoms with van der Waals surface area (Å²) in [6.07, 6.45) is 6.21. The summed E-state index contributed by atoms with van der Waals surface area (Å²) in [7, 11) is 0. The van der Waals surface area contributed by atoms with Gasteiger partial charge in [-0.2, -0.15) is 0 Å². The number of hydrogen-bond donors (Lipinski definition) is 1. The molecule has 1 aromatic heterocycles. The number of nitrogens with zero attached hydrogens (tertiary/aromatic N) is 3. The Morgan fingerprint density at radius 1 is 1.35 bits per heavy atom. The number of aromatic nitrogens is 2. The molecule has 1 aromatic rings. The second-order valence-corrected chi connectivity index (χ2v) is 6.13. The van der Waals surface area contributed by atoms with Gasteiger partial charge in [-0.3, -0.25) is 0 Å². The number of rotatable bonds is 7. The minimum atomic E-state index is 0.575. The van der Waals surface area contributed by atoms with Crippen LogP contribution < -0.4 is 10.2 Å². The molecule has 2 rings (SSSR count). The Kier molecular flexibility index (Phi) is 5.83. The van der Waals surface area contributed by atoms with Crippen molar-refractivity contribution in [3.8, 4) is 0 Å². The third kappa shape index (κ3) is 4.20. The van der Waals surface area contributed by atoms with E-state index in [4.69, 9.17) is 4.42 Å². The van der Waals surface area contributed by atoms with E-state index in [2.05, 4.69) is 41.2 Å². The maximum absolute atomic E-state index is 5.82. The summed E-state index contributed by atoms with van der Waals surface area (Å²) in [6, 6.07) is 1.29. The monoisotopic (exact) mass is 280 g/mol. The van der Waals surface area contributed by atoms with Crippen molar-refractivity contribution in [2.24, 2.45) is 5.92 Å². The molecule has 0 bridgehead atoms. The Morgan fingerprint density at radius 3 is 2.95 bits per heavy atom. The first kappa shape index (κ1) is 15.3. The van der Waals surface area contributed by atoms with Crippen molar-refractivity contribution in [1.29, 1.82) is 0 Å². The van der Waals surface area contributed by atoms with Gasteiger partial charge in [-0.1, -0.05) is 32.3 Å². The molecule has 1 atom stereocenters. The summed E-state index contributed by atoms with van der Waals surface area (Å²) in [4.78, 5) is 2.31. The van der Waals surface area contributed by atoms with Gasteiger partial charge in [0.05, 0.1) is 6.54 Å². The molecule has 0 aliphatic carbocycles. The van der Waals surface area contributed by atoms with Crippen LogP contribution in [0, 0.1) is 5.92 Å². The summed E-state index contributed by atoms with van der Waals surface area (Å²) >= 11 is 0. The summed E-state index contributed by atoms with van der Waals surface area (Å²) in [6.45, 7) is 9.30. The molecular weight excluding hydrogens is 252 g/mol. The largest absolute Gasteiger partial charge is 0.407 e. The van der Waals surface area contributed by atoms with E-state index in [1.165, 1.54) is 32.1 Å². The predicted molar refractivity (Wildman–Crippen MR) is 80.7 cm³/mol. The van der Waals surface area contributed by atoms with Crippen molar-refractivity contribution in [2.45, 2.75) is 65.5 Å². The first-order chi connectivity index (χ1) is 9.70. The maximum Gasteiger partial charge on any atom is 0.318 e. The van der Waals surface area contributed by atoms with Crippen molar-refractivity contribution >= 4 is 6.01 Å². The average Bonchev–Trinajstić information content (AvgIpc) is 2.88. The Morgan fingerprint density at radius 2 is 2.20 bits per heavy atom. The lowest BCUT2D eigenvalue weighted by Crippen LogP contribution is -2.39. The Hall–Kier alpha value is -1.10. The predicted octanol–water partition coefficient (Wildman–Crippen LogP) is 2.97. The van der Waals surface area contributed by atoms with Gasteiger partial charge in [-0.25, -0.2) is 0 Å². The lowest BCUT2D eigenvalue weighted by Gasteiger charge is -2.34. The van der Waals surface area contributed by atoms with E-state index in [1.54, 1.807) is 0 Å². The van der Waals surface area contributed by atoms with Crippen LogP contribution >= 0.6 is 0 Å². The number of piperidine rings is 1. The van der Waals surface area contributed by atoms with Crippen LogP contribution in [0.2, 0.25) is 0 Å². The van der Waals surface area contributed by atoms with Gasteiger partial charge in [-0.05, 0) is 38.1 Å². The zero-order valence-corrected chi connectivity index (χ0v) is 13.1. The first-order valence-electron chi connectivity index (χ1n) is 8.00. The fourth-order valence-electron chi connectivity index (χ4n) is 2.79. The van der Waals surface area contributed by atoms with Gasteiger partial charge in [0.1, 0.15) is 0 Å². The third-order valence-corrected chi connectivity index (χ3v) is 3.78. The van der Waals surface area contributed by atoms with Gasteiger partial charge in [0, 0.05) is 12.6 Å². The fourth-order valence-corrected chi connectivity index (χ4v) is 2.79. The fraction of sp³-hybridized carbons (Fsp3) is 0.867. The molecular formula is C15H28N4O.